The van der Waals surface area contributed by atoms with Gasteiger partial charge in [-0.25, -0.2) is 14.4 Å². The maximum absolute atomic E-state index is 12.1. The summed E-state index contributed by atoms with van der Waals surface area (Å²) >= 11 is 0. The number of hydrogen-bond acceptors (Lipinski definition) is 4. The molecule has 0 spiro atoms. The van der Waals surface area contributed by atoms with Crippen LogP contribution in [-0.2, 0) is 14.3 Å². The Bertz CT molecular complexity index is 354. The number of aliphatic carboxylic acids is 1. The molecule has 2 N–H and O–H groups in total. The number of ether oxygens (including phenoxy) is 1. The minimum atomic E-state index is -1.35. The van der Waals surface area contributed by atoms with Crippen molar-refractivity contribution in [3.8, 4) is 0 Å². The van der Waals surface area contributed by atoms with E-state index in [1.54, 1.807) is 13.8 Å². The molecule has 0 aromatic heterocycles. The van der Waals surface area contributed by atoms with Gasteiger partial charge < -0.3 is 20.1 Å². The van der Waals surface area contributed by atoms with Crippen molar-refractivity contribution in [2.24, 2.45) is 0 Å². The van der Waals surface area contributed by atoms with Crippen LogP contribution < -0.4 is 5.32 Å². The van der Waals surface area contributed by atoms with E-state index in [9.17, 15) is 14.4 Å². The maximum atomic E-state index is 12.1. The van der Waals surface area contributed by atoms with E-state index in [1.165, 1.54) is 21.0 Å². The predicted molar refractivity (Wildman–Crippen MR) is 68.7 cm³/mol. The lowest BCUT2D eigenvalue weighted by molar-refractivity contribution is -0.147. The molecule has 0 aliphatic carbocycles. The summed E-state index contributed by atoms with van der Waals surface area (Å²) in [4.78, 5) is 35.8. The summed E-state index contributed by atoms with van der Waals surface area (Å²) in [5.41, 5.74) is -1.35. The molecule has 0 aliphatic rings. The Hall–Kier alpha value is -1.79. The first-order valence-corrected chi connectivity index (χ1v) is 6.11. The Kier molecular flexibility index (Phi) is 6.31. The molecular formula is C12H22N2O5. The Balaban J connectivity index is 4.96. The molecule has 0 saturated carbocycles. The Labute approximate surface area is 112 Å². The van der Waals surface area contributed by atoms with Crippen LogP contribution in [0.15, 0.2) is 0 Å². The third kappa shape index (κ3) is 4.11. The molecule has 0 aromatic rings. The fourth-order valence-corrected chi connectivity index (χ4v) is 1.61. The number of nitrogens with zero attached hydrogens (tertiary/aromatic N) is 1. The molecule has 0 aromatic carbocycles. The van der Waals surface area contributed by atoms with Gasteiger partial charge in [-0.2, -0.15) is 0 Å². The van der Waals surface area contributed by atoms with Crippen molar-refractivity contribution in [1.82, 2.24) is 10.2 Å². The number of likely N-dealkylation sites (N-methyl/N-ethyl adjacent to an activating group) is 1. The fraction of sp³-hybridized carbons (Fsp3) is 0.750. The molecule has 0 aliphatic heterocycles. The van der Waals surface area contributed by atoms with Crippen molar-refractivity contribution in [2.45, 2.75) is 45.7 Å². The standard InChI is InChI=1S/C12H22N2O5/c1-6-8(9(15)19-5)13-11(18)14(7-2)12(3,4)10(16)17/h8H,6-7H2,1-5H3,(H,13,18)(H,16,17). The second-order valence-electron chi connectivity index (χ2n) is 4.54. The highest BCUT2D eigenvalue weighted by Crippen LogP contribution is 2.15. The summed E-state index contributed by atoms with van der Waals surface area (Å²) in [6, 6.07) is -1.39. The zero-order valence-electron chi connectivity index (χ0n) is 12.0. The van der Waals surface area contributed by atoms with Crippen molar-refractivity contribution in [3.05, 3.63) is 0 Å². The molecule has 1 unspecified atom stereocenters. The van der Waals surface area contributed by atoms with Gasteiger partial charge >= 0.3 is 18.0 Å². The van der Waals surface area contributed by atoms with Gasteiger partial charge in [0.25, 0.3) is 0 Å². The Morgan fingerprint density at radius 2 is 1.84 bits per heavy atom. The average Bonchev–Trinajstić information content (AvgIpc) is 2.35. The Morgan fingerprint density at radius 1 is 1.32 bits per heavy atom. The number of hydrogen-bond donors (Lipinski definition) is 2. The van der Waals surface area contributed by atoms with Crippen molar-refractivity contribution in [2.75, 3.05) is 13.7 Å². The molecule has 0 rings (SSSR count). The van der Waals surface area contributed by atoms with Gasteiger partial charge in [0.05, 0.1) is 7.11 Å². The van der Waals surface area contributed by atoms with Crippen LogP contribution in [0.2, 0.25) is 0 Å². The molecule has 0 radical (unpaired) electrons. The molecule has 110 valence electrons. The van der Waals surface area contributed by atoms with Crippen LogP contribution in [0, 0.1) is 0 Å². The first-order valence-electron chi connectivity index (χ1n) is 6.11. The maximum Gasteiger partial charge on any atom is 0.329 e. The minimum absolute atomic E-state index is 0.211. The number of carbonyl (C=O) groups excluding carboxylic acids is 2. The van der Waals surface area contributed by atoms with Crippen LogP contribution in [0.4, 0.5) is 4.79 Å². The van der Waals surface area contributed by atoms with E-state index in [4.69, 9.17) is 5.11 Å². The van der Waals surface area contributed by atoms with E-state index in [0.717, 1.165) is 4.90 Å². The third-order valence-electron chi connectivity index (χ3n) is 2.95. The summed E-state index contributed by atoms with van der Waals surface area (Å²) in [6.45, 7) is 6.46. The number of amides is 2. The lowest BCUT2D eigenvalue weighted by Gasteiger charge is -2.35. The van der Waals surface area contributed by atoms with E-state index in [1.807, 2.05) is 0 Å². The van der Waals surface area contributed by atoms with Crippen LogP contribution >= 0.6 is 0 Å². The van der Waals surface area contributed by atoms with Crippen LogP contribution in [0.25, 0.3) is 0 Å². The van der Waals surface area contributed by atoms with Gasteiger partial charge in [-0.05, 0) is 27.2 Å². The van der Waals surface area contributed by atoms with Crippen LogP contribution in [-0.4, -0.2) is 53.2 Å². The van der Waals surface area contributed by atoms with E-state index in [0.29, 0.717) is 6.42 Å². The summed E-state index contributed by atoms with van der Waals surface area (Å²) in [5, 5.41) is 11.6. The highest BCUT2D eigenvalue weighted by atomic mass is 16.5. The minimum Gasteiger partial charge on any atom is -0.480 e. The molecular weight excluding hydrogens is 252 g/mol. The molecule has 7 heteroatoms. The zero-order chi connectivity index (χ0) is 15.2. The molecule has 19 heavy (non-hydrogen) atoms. The number of urea groups is 1. The number of rotatable bonds is 6. The molecule has 1 atom stereocenters. The topological polar surface area (TPSA) is 95.9 Å². The number of methoxy groups -OCH3 is 1. The van der Waals surface area contributed by atoms with Gasteiger partial charge in [0, 0.05) is 6.54 Å². The summed E-state index contributed by atoms with van der Waals surface area (Å²) in [5.74, 6) is -1.67. The highest BCUT2D eigenvalue weighted by Gasteiger charge is 2.38. The summed E-state index contributed by atoms with van der Waals surface area (Å²) < 4.78 is 4.56. The van der Waals surface area contributed by atoms with Crippen molar-refractivity contribution >= 4 is 18.0 Å². The van der Waals surface area contributed by atoms with Gasteiger partial charge in [0.1, 0.15) is 11.6 Å². The van der Waals surface area contributed by atoms with Crippen LogP contribution in [0.3, 0.4) is 0 Å². The quantitative estimate of drug-likeness (QED) is 0.699. The smallest absolute Gasteiger partial charge is 0.329 e. The lowest BCUT2D eigenvalue weighted by Crippen LogP contribution is -2.58. The van der Waals surface area contributed by atoms with Gasteiger partial charge in [0.2, 0.25) is 0 Å². The van der Waals surface area contributed by atoms with E-state index < -0.39 is 29.6 Å². The number of esters is 1. The second kappa shape index (κ2) is 6.96. The largest absolute Gasteiger partial charge is 0.480 e. The highest BCUT2D eigenvalue weighted by molar-refractivity contribution is 5.88. The number of carbonyl (C=O) groups is 3. The third-order valence-corrected chi connectivity index (χ3v) is 2.95. The van der Waals surface area contributed by atoms with E-state index >= 15 is 0 Å². The second-order valence-corrected chi connectivity index (χ2v) is 4.54. The van der Waals surface area contributed by atoms with Gasteiger partial charge in [0.15, 0.2) is 0 Å². The van der Waals surface area contributed by atoms with Crippen molar-refractivity contribution in [3.63, 3.8) is 0 Å². The molecule has 0 fully saturated rings. The Morgan fingerprint density at radius 3 is 2.16 bits per heavy atom. The molecule has 0 heterocycles. The predicted octanol–water partition coefficient (Wildman–Crippen LogP) is 0.833. The van der Waals surface area contributed by atoms with Crippen molar-refractivity contribution in [1.29, 1.82) is 0 Å². The monoisotopic (exact) mass is 274 g/mol. The van der Waals surface area contributed by atoms with Gasteiger partial charge in [-0.15, -0.1) is 0 Å². The lowest BCUT2D eigenvalue weighted by atomic mass is 10.0. The number of nitrogens with one attached hydrogen (secondary N) is 1. The fourth-order valence-electron chi connectivity index (χ4n) is 1.61. The molecule has 0 bridgehead atoms. The number of carboxylic acids is 1. The number of carboxylic acid groups (broad SMARTS) is 1. The molecule has 2 amide bonds. The van der Waals surface area contributed by atoms with Gasteiger partial charge in [-0.1, -0.05) is 6.92 Å². The van der Waals surface area contributed by atoms with Crippen LogP contribution in [0.1, 0.15) is 34.1 Å². The first kappa shape index (κ1) is 17.2. The SMILES string of the molecule is CCC(NC(=O)N(CC)C(C)(C)C(=O)O)C(=O)OC. The summed E-state index contributed by atoms with van der Waals surface area (Å²) in [6.07, 6.45) is 0.365. The van der Waals surface area contributed by atoms with Crippen LogP contribution in [0.5, 0.6) is 0 Å². The van der Waals surface area contributed by atoms with E-state index in [2.05, 4.69) is 10.1 Å². The summed E-state index contributed by atoms with van der Waals surface area (Å²) in [7, 11) is 1.23. The van der Waals surface area contributed by atoms with Gasteiger partial charge in [-0.3, -0.25) is 0 Å². The zero-order valence-corrected chi connectivity index (χ0v) is 12.0. The van der Waals surface area contributed by atoms with Crippen molar-refractivity contribution < 1.29 is 24.2 Å². The normalized spacial score (nSPS) is 12.5. The average molecular weight is 274 g/mol. The molecule has 0 saturated heterocycles. The molecule has 7 nitrogen and oxygen atoms in total. The van der Waals surface area contributed by atoms with E-state index in [-0.39, 0.29) is 6.54 Å². The first-order chi connectivity index (χ1) is 8.72.